The van der Waals surface area contributed by atoms with Crippen molar-refractivity contribution < 1.29 is 4.79 Å². The lowest BCUT2D eigenvalue weighted by atomic mass is 10.2. The van der Waals surface area contributed by atoms with Crippen LogP contribution in [0.5, 0.6) is 0 Å². The molecule has 3 rings (SSSR count). The second kappa shape index (κ2) is 6.19. The molecule has 1 saturated heterocycles. The summed E-state index contributed by atoms with van der Waals surface area (Å²) in [6.45, 7) is 5.94. The molecule has 2 aromatic rings. The fourth-order valence-corrected chi connectivity index (χ4v) is 2.58. The van der Waals surface area contributed by atoms with E-state index in [9.17, 15) is 4.79 Å². The molecule has 0 radical (unpaired) electrons. The minimum Gasteiger partial charge on any atom is -0.365 e. The van der Waals surface area contributed by atoms with Crippen LogP contribution in [-0.2, 0) is 0 Å². The van der Waals surface area contributed by atoms with Gasteiger partial charge in [0.2, 0.25) is 0 Å². The van der Waals surface area contributed by atoms with Crippen LogP contribution in [0.25, 0.3) is 0 Å². The number of H-pyrrole nitrogens is 1. The molecule has 116 valence electrons. The fourth-order valence-electron chi connectivity index (χ4n) is 2.58. The van der Waals surface area contributed by atoms with Crippen molar-refractivity contribution in [2.24, 2.45) is 0 Å². The number of hydrogen-bond acceptors (Lipinski definition) is 4. The number of likely N-dealkylation sites (N-methyl/N-ethyl adjacent to an activating group) is 1. The van der Waals surface area contributed by atoms with Crippen LogP contribution in [0.2, 0.25) is 0 Å². The lowest BCUT2D eigenvalue weighted by Crippen LogP contribution is -2.44. The van der Waals surface area contributed by atoms with Gasteiger partial charge in [-0.05, 0) is 32.2 Å². The van der Waals surface area contributed by atoms with Crippen LogP contribution in [0.4, 0.5) is 11.5 Å². The number of rotatable bonds is 3. The Kier molecular flexibility index (Phi) is 4.11. The summed E-state index contributed by atoms with van der Waals surface area (Å²) in [4.78, 5) is 24.2. The molecule has 6 nitrogen and oxygen atoms in total. The van der Waals surface area contributed by atoms with Crippen LogP contribution in [0.1, 0.15) is 16.1 Å². The number of anilines is 2. The van der Waals surface area contributed by atoms with Gasteiger partial charge in [-0.2, -0.15) is 0 Å². The molecule has 1 aliphatic heterocycles. The Hall–Kier alpha value is -2.34. The van der Waals surface area contributed by atoms with Crippen LogP contribution in [0.15, 0.2) is 30.6 Å². The highest BCUT2D eigenvalue weighted by molar-refractivity contribution is 6.05. The lowest BCUT2D eigenvalue weighted by molar-refractivity contribution is 0.102. The first-order chi connectivity index (χ1) is 10.6. The van der Waals surface area contributed by atoms with E-state index in [4.69, 9.17) is 0 Å². The van der Waals surface area contributed by atoms with Crippen LogP contribution in [0, 0.1) is 6.92 Å². The number of aryl methyl sites for hydroxylation is 1. The number of pyridine rings is 1. The minimum atomic E-state index is -0.118. The number of carbonyl (C=O) groups is 1. The Balaban J connectivity index is 1.64. The Morgan fingerprint density at radius 2 is 2.00 bits per heavy atom. The first-order valence-corrected chi connectivity index (χ1v) is 7.48. The summed E-state index contributed by atoms with van der Waals surface area (Å²) in [5, 5.41) is 2.87. The Labute approximate surface area is 130 Å². The van der Waals surface area contributed by atoms with Gasteiger partial charge in [0.25, 0.3) is 5.91 Å². The normalized spacial score (nSPS) is 15.8. The maximum absolute atomic E-state index is 12.1. The molecule has 0 aliphatic carbocycles. The summed E-state index contributed by atoms with van der Waals surface area (Å²) >= 11 is 0. The molecule has 2 aromatic heterocycles. The second-order valence-corrected chi connectivity index (χ2v) is 5.67. The van der Waals surface area contributed by atoms with Crippen LogP contribution >= 0.6 is 0 Å². The van der Waals surface area contributed by atoms with Crippen molar-refractivity contribution in [1.29, 1.82) is 0 Å². The molecule has 3 heterocycles. The molecule has 22 heavy (non-hydrogen) atoms. The average Bonchev–Trinajstić information content (AvgIpc) is 2.95. The van der Waals surface area contributed by atoms with Crippen molar-refractivity contribution in [2.75, 3.05) is 43.4 Å². The van der Waals surface area contributed by atoms with E-state index < -0.39 is 0 Å². The summed E-state index contributed by atoms with van der Waals surface area (Å²) < 4.78 is 0. The summed E-state index contributed by atoms with van der Waals surface area (Å²) in [7, 11) is 2.13. The number of nitrogens with one attached hydrogen (secondary N) is 2. The molecule has 0 aromatic carbocycles. The quantitative estimate of drug-likeness (QED) is 0.906. The molecule has 0 saturated carbocycles. The molecule has 1 aliphatic rings. The lowest BCUT2D eigenvalue weighted by Gasteiger charge is -2.33. The number of aromatic nitrogens is 2. The maximum Gasteiger partial charge on any atom is 0.257 e. The van der Waals surface area contributed by atoms with E-state index in [-0.39, 0.29) is 5.91 Å². The predicted molar refractivity (Wildman–Crippen MR) is 87.4 cm³/mol. The first-order valence-electron chi connectivity index (χ1n) is 7.48. The van der Waals surface area contributed by atoms with Gasteiger partial charge in [0.05, 0.1) is 17.4 Å². The topological polar surface area (TPSA) is 64.3 Å². The summed E-state index contributed by atoms with van der Waals surface area (Å²) in [6.07, 6.45) is 3.48. The third-order valence-corrected chi connectivity index (χ3v) is 4.03. The fraction of sp³-hybridized carbons (Fsp3) is 0.375. The number of nitrogens with zero attached hydrogens (tertiary/aromatic N) is 3. The summed E-state index contributed by atoms with van der Waals surface area (Å²) in [5.41, 5.74) is 2.23. The molecule has 0 unspecified atom stereocenters. The van der Waals surface area contributed by atoms with E-state index in [2.05, 4.69) is 32.1 Å². The highest BCUT2D eigenvalue weighted by Crippen LogP contribution is 2.17. The minimum absolute atomic E-state index is 0.118. The highest BCUT2D eigenvalue weighted by atomic mass is 16.1. The van der Waals surface area contributed by atoms with Gasteiger partial charge in [-0.1, -0.05) is 0 Å². The number of amides is 1. The van der Waals surface area contributed by atoms with Gasteiger partial charge in [-0.25, -0.2) is 4.98 Å². The van der Waals surface area contributed by atoms with Crippen molar-refractivity contribution in [3.8, 4) is 0 Å². The van der Waals surface area contributed by atoms with Crippen molar-refractivity contribution >= 4 is 17.4 Å². The van der Waals surface area contributed by atoms with Gasteiger partial charge in [-0.3, -0.25) is 4.79 Å². The van der Waals surface area contributed by atoms with Gasteiger partial charge >= 0.3 is 0 Å². The third kappa shape index (κ3) is 3.12. The Morgan fingerprint density at radius 3 is 2.59 bits per heavy atom. The van der Waals surface area contributed by atoms with Crippen LogP contribution < -0.4 is 10.2 Å². The molecule has 1 fully saturated rings. The molecule has 0 atom stereocenters. The van der Waals surface area contributed by atoms with Gasteiger partial charge in [0.15, 0.2) is 0 Å². The molecule has 0 bridgehead atoms. The monoisotopic (exact) mass is 299 g/mol. The molecule has 6 heteroatoms. The van der Waals surface area contributed by atoms with E-state index in [0.717, 1.165) is 37.7 Å². The van der Waals surface area contributed by atoms with Gasteiger partial charge in [0.1, 0.15) is 5.82 Å². The molecular weight excluding hydrogens is 278 g/mol. The first kappa shape index (κ1) is 14.6. The standard InChI is InChI=1S/C16H21N5O/c1-12-14(5-6-17-12)16(22)19-13-3-4-15(18-11-13)21-9-7-20(2)8-10-21/h3-6,11,17H,7-10H2,1-2H3,(H,19,22). The van der Waals surface area contributed by atoms with Crippen molar-refractivity contribution in [2.45, 2.75) is 6.92 Å². The number of piperazine rings is 1. The van der Waals surface area contributed by atoms with E-state index in [1.807, 2.05) is 19.1 Å². The number of hydrogen-bond donors (Lipinski definition) is 2. The van der Waals surface area contributed by atoms with Gasteiger partial charge < -0.3 is 20.1 Å². The number of aromatic amines is 1. The van der Waals surface area contributed by atoms with E-state index in [1.165, 1.54) is 0 Å². The number of carbonyl (C=O) groups excluding carboxylic acids is 1. The van der Waals surface area contributed by atoms with Crippen LogP contribution in [-0.4, -0.2) is 54.0 Å². The van der Waals surface area contributed by atoms with Gasteiger partial charge in [-0.15, -0.1) is 0 Å². The SMILES string of the molecule is Cc1[nH]ccc1C(=O)Nc1ccc(N2CCN(C)CC2)nc1. The largest absolute Gasteiger partial charge is 0.365 e. The van der Waals surface area contributed by atoms with Crippen molar-refractivity contribution in [3.63, 3.8) is 0 Å². The molecule has 2 N–H and O–H groups in total. The highest BCUT2D eigenvalue weighted by Gasteiger charge is 2.15. The average molecular weight is 299 g/mol. The zero-order valence-corrected chi connectivity index (χ0v) is 13.0. The summed E-state index contributed by atoms with van der Waals surface area (Å²) in [6, 6.07) is 5.64. The molecule has 0 spiro atoms. The molecule has 1 amide bonds. The van der Waals surface area contributed by atoms with Crippen molar-refractivity contribution in [3.05, 3.63) is 41.9 Å². The maximum atomic E-state index is 12.1. The Bertz CT molecular complexity index is 641. The predicted octanol–water partition coefficient (Wildman–Crippen LogP) is 1.72. The van der Waals surface area contributed by atoms with E-state index in [1.54, 1.807) is 18.5 Å². The molecular formula is C16H21N5O. The van der Waals surface area contributed by atoms with E-state index >= 15 is 0 Å². The van der Waals surface area contributed by atoms with E-state index in [0.29, 0.717) is 11.3 Å². The third-order valence-electron chi connectivity index (χ3n) is 4.03. The zero-order valence-electron chi connectivity index (χ0n) is 13.0. The van der Waals surface area contributed by atoms with Crippen molar-refractivity contribution in [1.82, 2.24) is 14.9 Å². The smallest absolute Gasteiger partial charge is 0.257 e. The van der Waals surface area contributed by atoms with Gasteiger partial charge in [0, 0.05) is 38.1 Å². The second-order valence-electron chi connectivity index (χ2n) is 5.67. The summed E-state index contributed by atoms with van der Waals surface area (Å²) in [5.74, 6) is 0.844. The van der Waals surface area contributed by atoms with Crippen LogP contribution in [0.3, 0.4) is 0 Å². The Morgan fingerprint density at radius 1 is 1.23 bits per heavy atom. The zero-order chi connectivity index (χ0) is 15.5.